The van der Waals surface area contributed by atoms with E-state index in [1.165, 1.54) is 0 Å². The molecule has 1 aliphatic heterocycles. The third-order valence-electron chi connectivity index (χ3n) is 7.10. The van der Waals surface area contributed by atoms with E-state index in [2.05, 4.69) is 5.32 Å². The Morgan fingerprint density at radius 1 is 1.02 bits per heavy atom. The Balaban J connectivity index is 1.46. The number of fused-ring (bicyclic) bond motifs is 1. The lowest BCUT2D eigenvalue weighted by atomic mass is 10.0. The monoisotopic (exact) mass is 557 g/mol. The largest absolute Gasteiger partial charge is 0.497 e. The molecule has 1 amide bonds. The highest BCUT2D eigenvalue weighted by atomic mass is 16.6. The molecule has 0 aliphatic carbocycles. The predicted octanol–water partition coefficient (Wildman–Crippen LogP) is 6.79. The SMILES string of the molecule is COc1ccc(Cn2nc(NC[C@@H]3CCCCN3C(=O)OC(C)(C)C)c3c(Oc4ccc(C)cc4)ccnc32)cc1. The zero-order valence-electron chi connectivity index (χ0n) is 24.5. The molecule has 0 unspecified atom stereocenters. The number of likely N-dealkylation sites (tertiary alicyclic amines) is 1. The van der Waals surface area contributed by atoms with Crippen LogP contribution in [0.4, 0.5) is 10.6 Å². The van der Waals surface area contributed by atoms with Crippen molar-refractivity contribution in [2.75, 3.05) is 25.5 Å². The average Bonchev–Trinajstić information content (AvgIpc) is 3.31. The zero-order valence-corrected chi connectivity index (χ0v) is 24.5. The van der Waals surface area contributed by atoms with Crippen LogP contribution in [0.3, 0.4) is 0 Å². The van der Waals surface area contributed by atoms with Crippen molar-refractivity contribution in [2.24, 2.45) is 0 Å². The number of amides is 1. The van der Waals surface area contributed by atoms with Gasteiger partial charge >= 0.3 is 6.09 Å². The Morgan fingerprint density at radius 2 is 1.76 bits per heavy atom. The molecule has 9 heteroatoms. The maximum Gasteiger partial charge on any atom is 0.410 e. The summed E-state index contributed by atoms with van der Waals surface area (Å²) in [5, 5.41) is 9.29. The third kappa shape index (κ3) is 6.90. The van der Waals surface area contributed by atoms with Crippen LogP contribution in [0.2, 0.25) is 0 Å². The molecule has 1 saturated heterocycles. The van der Waals surface area contributed by atoms with E-state index in [4.69, 9.17) is 24.3 Å². The quantitative estimate of drug-likeness (QED) is 0.255. The maximum atomic E-state index is 13.0. The highest BCUT2D eigenvalue weighted by Gasteiger charge is 2.31. The summed E-state index contributed by atoms with van der Waals surface area (Å²) in [7, 11) is 1.66. The predicted molar refractivity (Wildman–Crippen MR) is 160 cm³/mol. The van der Waals surface area contributed by atoms with E-state index in [-0.39, 0.29) is 12.1 Å². The van der Waals surface area contributed by atoms with Gasteiger partial charge in [0.25, 0.3) is 0 Å². The molecule has 216 valence electrons. The number of nitrogens with zero attached hydrogens (tertiary/aromatic N) is 4. The Labute approximate surface area is 241 Å². The van der Waals surface area contributed by atoms with E-state index in [1.54, 1.807) is 13.3 Å². The van der Waals surface area contributed by atoms with Gasteiger partial charge in [0.2, 0.25) is 0 Å². The minimum Gasteiger partial charge on any atom is -0.497 e. The van der Waals surface area contributed by atoms with E-state index in [0.717, 1.165) is 47.3 Å². The van der Waals surface area contributed by atoms with Crippen molar-refractivity contribution in [1.29, 1.82) is 0 Å². The second-order valence-corrected chi connectivity index (χ2v) is 11.5. The van der Waals surface area contributed by atoms with Crippen molar-refractivity contribution in [3.05, 3.63) is 71.9 Å². The van der Waals surface area contributed by atoms with Gasteiger partial charge in [0, 0.05) is 25.4 Å². The molecule has 1 N–H and O–H groups in total. The molecule has 0 bridgehead atoms. The van der Waals surface area contributed by atoms with E-state index < -0.39 is 5.60 Å². The standard InChI is InChI=1S/C32H39N5O4/c1-22-9-13-26(14-10-22)40-27-17-18-33-30-28(27)29(35-37(30)21-23-11-15-25(39-5)16-12-23)34-20-24-8-6-7-19-36(24)31(38)41-32(2,3)4/h9-18,24H,6-8,19-21H2,1-5H3,(H,34,35)/t24-/m0/s1. The number of aryl methyl sites for hydroxylation is 1. The molecule has 0 radical (unpaired) electrons. The molecule has 9 nitrogen and oxygen atoms in total. The Hall–Kier alpha value is -4.27. The fraction of sp³-hybridized carbons (Fsp3) is 0.406. The Kier molecular flexibility index (Phi) is 8.33. The molecule has 4 aromatic rings. The summed E-state index contributed by atoms with van der Waals surface area (Å²) >= 11 is 0. The molecule has 5 rings (SSSR count). The topological polar surface area (TPSA) is 90.7 Å². The highest BCUT2D eigenvalue weighted by Crippen LogP contribution is 2.35. The summed E-state index contributed by atoms with van der Waals surface area (Å²) in [6.45, 7) is 9.47. The number of hydrogen-bond donors (Lipinski definition) is 1. The average molecular weight is 558 g/mol. The van der Waals surface area contributed by atoms with Crippen molar-refractivity contribution in [3.8, 4) is 17.2 Å². The van der Waals surface area contributed by atoms with Crippen LogP contribution in [0.15, 0.2) is 60.8 Å². The van der Waals surface area contributed by atoms with E-state index in [9.17, 15) is 4.79 Å². The van der Waals surface area contributed by atoms with Crippen molar-refractivity contribution in [2.45, 2.75) is 65.1 Å². The highest BCUT2D eigenvalue weighted by molar-refractivity contribution is 5.93. The molecule has 1 fully saturated rings. The molecular formula is C32H39N5O4. The van der Waals surface area contributed by atoms with Gasteiger partial charge in [-0.2, -0.15) is 5.10 Å². The minimum atomic E-state index is -0.545. The number of nitrogens with one attached hydrogen (secondary N) is 1. The maximum absolute atomic E-state index is 13.0. The van der Waals surface area contributed by atoms with Crippen LogP contribution in [-0.2, 0) is 11.3 Å². The van der Waals surface area contributed by atoms with Gasteiger partial charge in [0.1, 0.15) is 28.2 Å². The summed E-state index contributed by atoms with van der Waals surface area (Å²) in [5.74, 6) is 2.86. The summed E-state index contributed by atoms with van der Waals surface area (Å²) in [5.41, 5.74) is 2.39. The molecular weight excluding hydrogens is 518 g/mol. The number of benzene rings is 2. The molecule has 3 heterocycles. The number of methoxy groups -OCH3 is 1. The lowest BCUT2D eigenvalue weighted by molar-refractivity contribution is 0.0114. The molecule has 2 aromatic heterocycles. The number of carbonyl (C=O) groups excluding carboxylic acids is 1. The van der Waals surface area contributed by atoms with Crippen molar-refractivity contribution < 1.29 is 19.0 Å². The number of carbonyl (C=O) groups is 1. The van der Waals surface area contributed by atoms with Gasteiger partial charge in [-0.25, -0.2) is 14.5 Å². The fourth-order valence-electron chi connectivity index (χ4n) is 5.01. The number of aromatic nitrogens is 3. The number of rotatable bonds is 8. The van der Waals surface area contributed by atoms with E-state index in [0.29, 0.717) is 36.8 Å². The number of pyridine rings is 1. The van der Waals surface area contributed by atoms with E-state index >= 15 is 0 Å². The van der Waals surface area contributed by atoms with Gasteiger partial charge in [-0.15, -0.1) is 0 Å². The van der Waals surface area contributed by atoms with Crippen LogP contribution in [0.1, 0.15) is 51.2 Å². The van der Waals surface area contributed by atoms with Crippen LogP contribution >= 0.6 is 0 Å². The van der Waals surface area contributed by atoms with Gasteiger partial charge in [-0.05, 0) is 76.8 Å². The summed E-state index contributed by atoms with van der Waals surface area (Å²) in [6, 6.07) is 17.7. The van der Waals surface area contributed by atoms with Gasteiger partial charge in [0.15, 0.2) is 11.5 Å². The number of ether oxygens (including phenoxy) is 3. The van der Waals surface area contributed by atoms with Gasteiger partial charge in [-0.1, -0.05) is 29.8 Å². The van der Waals surface area contributed by atoms with Crippen LogP contribution in [0.25, 0.3) is 11.0 Å². The summed E-state index contributed by atoms with van der Waals surface area (Å²) in [4.78, 5) is 19.5. The first-order valence-corrected chi connectivity index (χ1v) is 14.2. The van der Waals surface area contributed by atoms with E-state index in [1.807, 2.05) is 91.9 Å². The number of piperidine rings is 1. The van der Waals surface area contributed by atoms with Crippen LogP contribution in [0.5, 0.6) is 17.2 Å². The molecule has 1 aliphatic rings. The van der Waals surface area contributed by atoms with Crippen LogP contribution < -0.4 is 14.8 Å². The number of anilines is 1. The normalized spacial score (nSPS) is 15.5. The Bertz CT molecular complexity index is 1480. The smallest absolute Gasteiger partial charge is 0.410 e. The minimum absolute atomic E-state index is 0.0153. The van der Waals surface area contributed by atoms with Crippen molar-refractivity contribution >= 4 is 22.9 Å². The van der Waals surface area contributed by atoms with Gasteiger partial charge < -0.3 is 24.4 Å². The second kappa shape index (κ2) is 12.1. The summed E-state index contributed by atoms with van der Waals surface area (Å²) in [6.07, 6.45) is 4.38. The van der Waals surface area contributed by atoms with Gasteiger partial charge in [0.05, 0.1) is 19.7 Å². The third-order valence-corrected chi connectivity index (χ3v) is 7.10. The molecule has 0 spiro atoms. The first-order chi connectivity index (χ1) is 19.7. The second-order valence-electron chi connectivity index (χ2n) is 11.5. The molecule has 41 heavy (non-hydrogen) atoms. The number of hydrogen-bond acceptors (Lipinski definition) is 7. The lowest BCUT2D eigenvalue weighted by Gasteiger charge is -2.36. The lowest BCUT2D eigenvalue weighted by Crippen LogP contribution is -2.48. The molecule has 1 atom stereocenters. The Morgan fingerprint density at radius 3 is 2.46 bits per heavy atom. The molecule has 2 aromatic carbocycles. The fourth-order valence-corrected chi connectivity index (χ4v) is 5.01. The van der Waals surface area contributed by atoms with Crippen molar-refractivity contribution in [3.63, 3.8) is 0 Å². The van der Waals surface area contributed by atoms with Crippen molar-refractivity contribution in [1.82, 2.24) is 19.7 Å². The van der Waals surface area contributed by atoms with Crippen LogP contribution in [0, 0.1) is 6.92 Å². The van der Waals surface area contributed by atoms with Crippen LogP contribution in [-0.4, -0.2) is 57.6 Å². The molecule has 0 saturated carbocycles. The van der Waals surface area contributed by atoms with Gasteiger partial charge in [-0.3, -0.25) is 0 Å². The first-order valence-electron chi connectivity index (χ1n) is 14.2. The summed E-state index contributed by atoms with van der Waals surface area (Å²) < 4.78 is 19.3. The first kappa shape index (κ1) is 28.3. The zero-order chi connectivity index (χ0) is 29.0.